The first-order chi connectivity index (χ1) is 7.40. The number of carbonyl (C=O) groups excluding carboxylic acids is 2. The molecule has 2 unspecified atom stereocenters. The topological polar surface area (TPSA) is 64.7 Å². The Hall–Kier alpha value is -0.760. The van der Waals surface area contributed by atoms with Gasteiger partial charge in [-0.2, -0.15) is 25.3 Å². The molecule has 2 saturated heterocycles. The van der Waals surface area contributed by atoms with Crippen LogP contribution in [0.4, 0.5) is 9.59 Å². The maximum atomic E-state index is 12.1. The maximum Gasteiger partial charge on any atom is 0.325 e. The van der Waals surface area contributed by atoms with Crippen molar-refractivity contribution >= 4 is 37.3 Å². The van der Waals surface area contributed by atoms with Gasteiger partial charge in [-0.15, -0.1) is 0 Å². The van der Waals surface area contributed by atoms with E-state index < -0.39 is 11.3 Å². The molecule has 8 heteroatoms. The van der Waals surface area contributed by atoms with Crippen LogP contribution in [0.25, 0.3) is 0 Å². The number of thiol groups is 2. The van der Waals surface area contributed by atoms with Gasteiger partial charge >= 0.3 is 12.1 Å². The van der Waals surface area contributed by atoms with E-state index in [-0.39, 0.29) is 23.8 Å². The molecule has 4 amide bonds. The van der Waals surface area contributed by atoms with E-state index in [1.54, 1.807) is 13.8 Å². The van der Waals surface area contributed by atoms with Crippen LogP contribution >= 0.6 is 25.3 Å². The lowest BCUT2D eigenvalue weighted by Crippen LogP contribution is -2.63. The zero-order valence-corrected chi connectivity index (χ0v) is 10.8. The van der Waals surface area contributed by atoms with Crippen molar-refractivity contribution in [3.63, 3.8) is 0 Å². The molecule has 2 aliphatic heterocycles. The van der Waals surface area contributed by atoms with Crippen LogP contribution in [0.3, 0.4) is 0 Å². The highest BCUT2D eigenvalue weighted by Crippen LogP contribution is 2.40. The van der Waals surface area contributed by atoms with Crippen LogP contribution in [0.1, 0.15) is 13.8 Å². The van der Waals surface area contributed by atoms with Crippen LogP contribution in [0.2, 0.25) is 0 Å². The van der Waals surface area contributed by atoms with Gasteiger partial charge in [0.15, 0.2) is 11.3 Å². The van der Waals surface area contributed by atoms with Crippen LogP contribution in [0.15, 0.2) is 0 Å². The van der Waals surface area contributed by atoms with E-state index in [1.807, 2.05) is 0 Å². The van der Waals surface area contributed by atoms with Gasteiger partial charge in [-0.3, -0.25) is 9.80 Å². The van der Waals surface area contributed by atoms with Crippen LogP contribution in [0.5, 0.6) is 0 Å². The van der Waals surface area contributed by atoms with Gasteiger partial charge in [0.05, 0.1) is 11.8 Å². The lowest BCUT2D eigenvalue weighted by atomic mass is 9.99. The van der Waals surface area contributed by atoms with Crippen LogP contribution in [-0.2, 0) is 0 Å². The molecule has 2 rings (SSSR count). The van der Waals surface area contributed by atoms with Gasteiger partial charge in [0.25, 0.3) is 0 Å². The van der Waals surface area contributed by atoms with Gasteiger partial charge in [0.2, 0.25) is 0 Å². The van der Waals surface area contributed by atoms with E-state index >= 15 is 0 Å². The molecule has 0 aliphatic carbocycles. The minimum absolute atomic E-state index is 0.192. The summed E-state index contributed by atoms with van der Waals surface area (Å²) in [6, 6.07) is -0.487. The maximum absolute atomic E-state index is 12.1. The molecule has 2 fully saturated rings. The van der Waals surface area contributed by atoms with Crippen molar-refractivity contribution in [1.82, 2.24) is 20.4 Å². The average molecular weight is 262 g/mol. The summed E-state index contributed by atoms with van der Waals surface area (Å²) in [5.41, 5.74) is -1.60. The van der Waals surface area contributed by atoms with E-state index in [0.29, 0.717) is 0 Å². The van der Waals surface area contributed by atoms with Gasteiger partial charge in [0.1, 0.15) is 0 Å². The number of nitrogens with zero attached hydrogens (tertiary/aromatic N) is 2. The van der Waals surface area contributed by atoms with Gasteiger partial charge in [0, 0.05) is 0 Å². The minimum Gasteiger partial charge on any atom is -0.311 e. The molecule has 0 saturated carbocycles. The number of rotatable bonds is 2. The third-order valence-corrected chi connectivity index (χ3v) is 4.05. The predicted octanol–water partition coefficient (Wildman–Crippen LogP) is 0.244. The fourth-order valence-electron chi connectivity index (χ4n) is 2.31. The molecule has 2 heterocycles. The lowest BCUT2D eigenvalue weighted by Gasteiger charge is -2.38. The standard InChI is InChI=1S/C8H14N4O2S2/c1-7-8(2,10-5(13)9-7)12(4-16)6(14)11(7)3-15/h15-16H,3-4H2,1-2H3,(H2,9,10,13). The summed E-state index contributed by atoms with van der Waals surface area (Å²) in [5, 5.41) is 5.52. The molecule has 0 spiro atoms. The molecule has 2 atom stereocenters. The Morgan fingerprint density at radius 3 is 1.75 bits per heavy atom. The van der Waals surface area contributed by atoms with E-state index in [0.717, 1.165) is 0 Å². The highest BCUT2D eigenvalue weighted by molar-refractivity contribution is 7.80. The molecule has 2 N–H and O–H groups in total. The predicted molar refractivity (Wildman–Crippen MR) is 65.3 cm³/mol. The van der Waals surface area contributed by atoms with E-state index in [4.69, 9.17) is 0 Å². The fraction of sp³-hybridized carbons (Fsp3) is 0.750. The Kier molecular flexibility index (Phi) is 2.46. The second kappa shape index (κ2) is 3.36. The molecular formula is C8H14N4O2S2. The minimum atomic E-state index is -0.800. The van der Waals surface area contributed by atoms with Crippen molar-refractivity contribution in [3.05, 3.63) is 0 Å². The van der Waals surface area contributed by atoms with E-state index in [1.165, 1.54) is 9.80 Å². The number of carbonyl (C=O) groups is 2. The Morgan fingerprint density at radius 1 is 1.06 bits per heavy atom. The normalized spacial score (nSPS) is 37.5. The van der Waals surface area contributed by atoms with Crippen molar-refractivity contribution in [2.75, 3.05) is 11.8 Å². The summed E-state index contributed by atoms with van der Waals surface area (Å²) in [4.78, 5) is 26.5. The van der Waals surface area contributed by atoms with Gasteiger partial charge in [-0.25, -0.2) is 9.59 Å². The third kappa shape index (κ3) is 1.11. The summed E-state index contributed by atoms with van der Waals surface area (Å²) in [6.07, 6.45) is 0. The third-order valence-electron chi connectivity index (χ3n) is 3.49. The monoisotopic (exact) mass is 262 g/mol. The number of hydrogen-bond acceptors (Lipinski definition) is 4. The van der Waals surface area contributed by atoms with Crippen LogP contribution in [-0.4, -0.2) is 44.9 Å². The van der Waals surface area contributed by atoms with Gasteiger partial charge in [-0.05, 0) is 13.8 Å². The Balaban J connectivity index is 2.50. The van der Waals surface area contributed by atoms with Crippen molar-refractivity contribution in [3.8, 4) is 0 Å². The molecule has 90 valence electrons. The van der Waals surface area contributed by atoms with Crippen LogP contribution < -0.4 is 10.6 Å². The quantitative estimate of drug-likeness (QED) is 0.539. The van der Waals surface area contributed by atoms with Gasteiger partial charge in [-0.1, -0.05) is 0 Å². The lowest BCUT2D eigenvalue weighted by molar-refractivity contribution is 0.0951. The van der Waals surface area contributed by atoms with Crippen molar-refractivity contribution in [1.29, 1.82) is 0 Å². The van der Waals surface area contributed by atoms with E-state index in [2.05, 4.69) is 35.9 Å². The van der Waals surface area contributed by atoms with E-state index in [9.17, 15) is 9.59 Å². The molecule has 0 radical (unpaired) electrons. The first-order valence-corrected chi connectivity index (χ1v) is 6.08. The Labute approximate surface area is 105 Å². The SMILES string of the molecule is CC12NC(=O)NC1(C)N(CS)C(=O)N2CS. The summed E-state index contributed by atoms with van der Waals surface area (Å²) < 4.78 is 0. The zero-order valence-electron chi connectivity index (χ0n) is 9.02. The largest absolute Gasteiger partial charge is 0.325 e. The highest BCUT2D eigenvalue weighted by Gasteiger charge is 2.66. The first kappa shape index (κ1) is 11.7. The Bertz CT molecular complexity index is 336. The number of amides is 4. The number of hydrogen-bond donors (Lipinski definition) is 4. The molecule has 0 aromatic heterocycles. The zero-order chi connectivity index (χ0) is 12.1. The van der Waals surface area contributed by atoms with Gasteiger partial charge < -0.3 is 10.6 Å². The number of fused-ring (bicyclic) bond motifs is 1. The highest BCUT2D eigenvalue weighted by atomic mass is 32.1. The Morgan fingerprint density at radius 2 is 1.44 bits per heavy atom. The number of urea groups is 2. The molecule has 16 heavy (non-hydrogen) atoms. The summed E-state index contributed by atoms with van der Waals surface area (Å²) >= 11 is 8.26. The second-order valence-electron chi connectivity index (χ2n) is 4.15. The second-order valence-corrected chi connectivity index (χ2v) is 4.71. The number of nitrogens with one attached hydrogen (secondary N) is 2. The smallest absolute Gasteiger partial charge is 0.311 e. The molecule has 0 bridgehead atoms. The summed E-state index contributed by atoms with van der Waals surface area (Å²) in [6.45, 7) is 3.59. The molecule has 0 aromatic rings. The van der Waals surface area contributed by atoms with Crippen molar-refractivity contribution < 1.29 is 9.59 Å². The first-order valence-electron chi connectivity index (χ1n) is 4.82. The molecule has 2 aliphatic rings. The summed E-state index contributed by atoms with van der Waals surface area (Å²) in [5.74, 6) is 0.467. The van der Waals surface area contributed by atoms with Crippen LogP contribution in [0, 0.1) is 0 Å². The van der Waals surface area contributed by atoms with Crippen molar-refractivity contribution in [2.24, 2.45) is 0 Å². The molecule has 6 nitrogen and oxygen atoms in total. The fourth-order valence-corrected chi connectivity index (χ4v) is 3.12. The summed E-state index contributed by atoms with van der Waals surface area (Å²) in [7, 11) is 0. The van der Waals surface area contributed by atoms with Crippen molar-refractivity contribution in [2.45, 2.75) is 25.2 Å². The average Bonchev–Trinajstić information content (AvgIpc) is 2.46. The molecule has 0 aromatic carbocycles. The molecular weight excluding hydrogens is 248 g/mol.